The summed E-state index contributed by atoms with van der Waals surface area (Å²) in [4.78, 5) is 17.3. The highest BCUT2D eigenvalue weighted by Gasteiger charge is 2.19. The Morgan fingerprint density at radius 1 is 1.07 bits per heavy atom. The fourth-order valence-electron chi connectivity index (χ4n) is 2.75. The van der Waals surface area contributed by atoms with E-state index in [1.165, 1.54) is 6.07 Å². The predicted molar refractivity (Wildman–Crippen MR) is 149 cm³/mol. The molecule has 1 heterocycles. The molecule has 0 aliphatic heterocycles. The topological polar surface area (TPSA) is 234 Å². The van der Waals surface area contributed by atoms with Crippen molar-refractivity contribution in [2.24, 2.45) is 10.2 Å². The first-order chi connectivity index (χ1) is 19.7. The van der Waals surface area contributed by atoms with Gasteiger partial charge in [0.25, 0.3) is 10.1 Å². The van der Waals surface area contributed by atoms with Crippen molar-refractivity contribution < 1.29 is 41.0 Å². The van der Waals surface area contributed by atoms with Crippen molar-refractivity contribution >= 4 is 80.7 Å². The number of rotatable bonds is 17. The molecule has 222 valence electrons. The van der Waals surface area contributed by atoms with Crippen molar-refractivity contribution in [2.45, 2.75) is 23.1 Å². The maximum Gasteiger partial charge on any atom is 0.296 e. The van der Waals surface area contributed by atoms with E-state index in [-0.39, 0.29) is 47.5 Å². The minimum absolute atomic E-state index is 0.00190. The summed E-state index contributed by atoms with van der Waals surface area (Å²) in [5.74, 6) is 0.253. The number of hydrogen-bond acceptors (Lipinski definition) is 18. The number of anilines is 4. The van der Waals surface area contributed by atoms with Gasteiger partial charge in [-0.25, -0.2) is 10.1 Å². The highest BCUT2D eigenvalue weighted by molar-refractivity contribution is 7.94. The first kappa shape index (κ1) is 32.6. The van der Waals surface area contributed by atoms with Gasteiger partial charge in [-0.2, -0.15) is 32.8 Å². The van der Waals surface area contributed by atoms with Crippen molar-refractivity contribution in [1.29, 1.82) is 0 Å². The SMILES string of the molecule is CCCNc1nc(Cl)nc(Nc2cc(N)c(S(=O)(=O)O)cc2N=Nc2ccc(SOOCCOSOOO)cc2)n1. The molecule has 3 aromatic rings. The molecule has 0 aliphatic rings. The molecule has 2 aromatic carbocycles. The minimum Gasteiger partial charge on any atom is -0.398 e. The lowest BCUT2D eigenvalue weighted by atomic mass is 10.2. The van der Waals surface area contributed by atoms with E-state index in [4.69, 9.17) is 36.0 Å². The molecule has 1 aromatic heterocycles. The van der Waals surface area contributed by atoms with Crippen molar-refractivity contribution in [3.8, 4) is 0 Å². The van der Waals surface area contributed by atoms with Gasteiger partial charge in [-0.05, 0) is 54.4 Å². The van der Waals surface area contributed by atoms with Crippen LogP contribution in [0.15, 0.2) is 56.4 Å². The number of nitrogens with one attached hydrogen (secondary N) is 2. The first-order valence-electron chi connectivity index (χ1n) is 11.3. The van der Waals surface area contributed by atoms with Gasteiger partial charge >= 0.3 is 0 Å². The summed E-state index contributed by atoms with van der Waals surface area (Å²) in [6.07, 6.45) is 0.818. The smallest absolute Gasteiger partial charge is 0.296 e. The van der Waals surface area contributed by atoms with Gasteiger partial charge in [0.1, 0.15) is 17.2 Å². The lowest BCUT2D eigenvalue weighted by Gasteiger charge is -2.12. The standard InChI is InChI=1S/C20H23ClN8O9S3/c1-2-7-23-19-25-18(21)26-20(27-19)24-15-10-14(22)17(41(31,32)33)11-16(15)29-28-12-3-5-13(6-4-12)39-37-34-8-9-35-40-38-36-30/h3-6,10-11,30H,2,7-9,22H2,1H3,(H,31,32,33)(H2,23,24,25,26,27). The molecular formula is C20H23ClN8O9S3. The van der Waals surface area contributed by atoms with E-state index in [0.717, 1.165) is 24.5 Å². The normalized spacial score (nSPS) is 11.7. The molecule has 0 fully saturated rings. The number of azo groups is 1. The van der Waals surface area contributed by atoms with Crippen LogP contribution >= 0.6 is 36.0 Å². The molecule has 41 heavy (non-hydrogen) atoms. The van der Waals surface area contributed by atoms with Crippen LogP contribution in [0.25, 0.3) is 0 Å². The van der Waals surface area contributed by atoms with Crippen LogP contribution in [0.5, 0.6) is 0 Å². The molecule has 0 spiro atoms. The Labute approximate surface area is 247 Å². The summed E-state index contributed by atoms with van der Waals surface area (Å²) in [7, 11) is -4.66. The molecule has 21 heteroatoms. The third kappa shape index (κ3) is 11.1. The largest absolute Gasteiger partial charge is 0.398 e. The van der Waals surface area contributed by atoms with E-state index in [9.17, 15) is 13.0 Å². The number of nitrogens with zero attached hydrogens (tertiary/aromatic N) is 5. The highest BCUT2D eigenvalue weighted by Crippen LogP contribution is 2.35. The van der Waals surface area contributed by atoms with Crippen molar-refractivity contribution in [3.63, 3.8) is 0 Å². The van der Waals surface area contributed by atoms with Gasteiger partial charge in [0.05, 0.1) is 35.7 Å². The summed E-state index contributed by atoms with van der Waals surface area (Å²) in [6.45, 7) is 2.72. The molecule has 0 unspecified atom stereocenters. The van der Waals surface area contributed by atoms with Crippen LogP contribution in [0.4, 0.5) is 34.6 Å². The van der Waals surface area contributed by atoms with Crippen LogP contribution < -0.4 is 16.4 Å². The van der Waals surface area contributed by atoms with Gasteiger partial charge in [-0.3, -0.25) is 8.74 Å². The van der Waals surface area contributed by atoms with Gasteiger partial charge in [-0.15, -0.1) is 9.45 Å². The summed E-state index contributed by atoms with van der Waals surface area (Å²) in [5, 5.41) is 25.3. The second-order valence-electron chi connectivity index (χ2n) is 7.39. The number of benzene rings is 2. The molecule has 0 saturated heterocycles. The van der Waals surface area contributed by atoms with Crippen molar-refractivity contribution in [1.82, 2.24) is 15.0 Å². The van der Waals surface area contributed by atoms with E-state index in [0.29, 0.717) is 29.5 Å². The summed E-state index contributed by atoms with van der Waals surface area (Å²) < 4.78 is 47.1. The third-order valence-electron chi connectivity index (χ3n) is 4.44. The Morgan fingerprint density at radius 2 is 1.83 bits per heavy atom. The predicted octanol–water partition coefficient (Wildman–Crippen LogP) is 5.29. The summed E-state index contributed by atoms with van der Waals surface area (Å²) >= 11 is 7.35. The molecular weight excluding hydrogens is 628 g/mol. The Morgan fingerprint density at radius 3 is 2.54 bits per heavy atom. The van der Waals surface area contributed by atoms with Crippen molar-refractivity contribution in [2.75, 3.05) is 36.1 Å². The second kappa shape index (κ2) is 16.5. The molecule has 0 bridgehead atoms. The van der Waals surface area contributed by atoms with E-state index in [1.54, 1.807) is 24.3 Å². The fourth-order valence-corrected chi connectivity index (χ4v) is 4.17. The van der Waals surface area contributed by atoms with Gasteiger partial charge < -0.3 is 16.4 Å². The minimum atomic E-state index is -4.66. The van der Waals surface area contributed by atoms with Gasteiger partial charge in [0.15, 0.2) is 12.3 Å². The zero-order valence-electron chi connectivity index (χ0n) is 21.0. The highest BCUT2D eigenvalue weighted by atomic mass is 35.5. The number of nitrogen functional groups attached to an aromatic ring is 1. The fraction of sp³-hybridized carbons (Fsp3) is 0.250. The van der Waals surface area contributed by atoms with Gasteiger partial charge in [0, 0.05) is 11.4 Å². The van der Waals surface area contributed by atoms with Crippen LogP contribution in [0.2, 0.25) is 5.28 Å². The van der Waals surface area contributed by atoms with E-state index < -0.39 is 15.0 Å². The number of nitrogens with two attached hydrogens (primary N) is 1. The van der Waals surface area contributed by atoms with Crippen LogP contribution in [0.1, 0.15) is 13.3 Å². The number of halogens is 1. The average Bonchev–Trinajstić information content (AvgIpc) is 2.92. The zero-order chi connectivity index (χ0) is 29.7. The quantitative estimate of drug-likeness (QED) is 0.0237. The van der Waals surface area contributed by atoms with Crippen LogP contribution in [0.3, 0.4) is 0 Å². The van der Waals surface area contributed by atoms with Gasteiger partial charge in [0.2, 0.25) is 17.2 Å². The maximum absolute atomic E-state index is 11.8. The Balaban J connectivity index is 1.73. The number of hydrogen-bond donors (Lipinski definition) is 5. The van der Waals surface area contributed by atoms with E-state index >= 15 is 0 Å². The molecule has 0 atom stereocenters. The second-order valence-corrected chi connectivity index (χ2v) is 10.4. The van der Waals surface area contributed by atoms with Crippen LogP contribution in [0, 0.1) is 0 Å². The molecule has 17 nitrogen and oxygen atoms in total. The number of aromatic nitrogens is 3. The molecule has 3 rings (SSSR count). The summed E-state index contributed by atoms with van der Waals surface area (Å²) in [5.41, 5.74) is 6.20. The van der Waals surface area contributed by atoms with Crippen LogP contribution in [-0.2, 0) is 32.9 Å². The van der Waals surface area contributed by atoms with Gasteiger partial charge in [-0.1, -0.05) is 12.0 Å². The molecule has 0 amide bonds. The Kier molecular flexibility index (Phi) is 13.1. The molecule has 0 saturated carbocycles. The average molecular weight is 651 g/mol. The lowest BCUT2D eigenvalue weighted by molar-refractivity contribution is -0.434. The first-order valence-corrected chi connectivity index (χ1v) is 14.5. The van der Waals surface area contributed by atoms with E-state index in [1.807, 2.05) is 6.92 Å². The van der Waals surface area contributed by atoms with E-state index in [2.05, 4.69) is 45.2 Å². The zero-order valence-corrected chi connectivity index (χ0v) is 24.2. The molecule has 6 N–H and O–H groups in total. The van der Waals surface area contributed by atoms with Crippen LogP contribution in [-0.4, -0.2) is 52.9 Å². The molecule has 0 aliphatic carbocycles. The third-order valence-corrected chi connectivity index (χ3v) is 6.52. The monoisotopic (exact) mass is 650 g/mol. The summed E-state index contributed by atoms with van der Waals surface area (Å²) in [6, 6.07) is 8.87. The van der Waals surface area contributed by atoms with Crippen molar-refractivity contribution in [3.05, 3.63) is 41.7 Å². The Bertz CT molecular complexity index is 1420. The maximum atomic E-state index is 11.8. The lowest BCUT2D eigenvalue weighted by Crippen LogP contribution is -2.08. The molecule has 0 radical (unpaired) electrons. The Hall–Kier alpha value is -2.89.